The van der Waals surface area contributed by atoms with Crippen LogP contribution in [0, 0.1) is 6.92 Å². The Morgan fingerprint density at radius 1 is 1.27 bits per heavy atom. The van der Waals surface area contributed by atoms with E-state index in [1.165, 1.54) is 18.4 Å². The predicted molar refractivity (Wildman–Crippen MR) is 85.4 cm³/mol. The van der Waals surface area contributed by atoms with Crippen molar-refractivity contribution in [2.24, 2.45) is 0 Å². The van der Waals surface area contributed by atoms with E-state index in [1.54, 1.807) is 6.20 Å². The maximum atomic E-state index is 11.9. The van der Waals surface area contributed by atoms with Crippen molar-refractivity contribution in [1.82, 2.24) is 10.3 Å². The lowest BCUT2D eigenvalue weighted by Gasteiger charge is -2.10. The summed E-state index contributed by atoms with van der Waals surface area (Å²) in [6, 6.07) is 8.51. The maximum Gasteiger partial charge on any atom is 0.220 e. The first-order valence-corrected chi connectivity index (χ1v) is 8.02. The number of oxazole rings is 1. The highest BCUT2D eigenvalue weighted by Crippen LogP contribution is 2.21. The quantitative estimate of drug-likeness (QED) is 0.917. The van der Waals surface area contributed by atoms with Crippen LogP contribution in [0.4, 0.5) is 0 Å². The molecule has 1 aliphatic carbocycles. The van der Waals surface area contributed by atoms with Crippen molar-refractivity contribution in [2.75, 3.05) is 0 Å². The SMILES string of the molecule is Cc1ccc(-c2cnc(CCC(=O)NC3CCCC3)o2)cc1. The van der Waals surface area contributed by atoms with E-state index in [-0.39, 0.29) is 5.91 Å². The van der Waals surface area contributed by atoms with Crippen LogP contribution in [-0.4, -0.2) is 16.9 Å². The van der Waals surface area contributed by atoms with Gasteiger partial charge < -0.3 is 9.73 Å². The van der Waals surface area contributed by atoms with Crippen LogP contribution < -0.4 is 5.32 Å². The molecule has 0 aliphatic heterocycles. The molecule has 1 aliphatic rings. The molecule has 1 heterocycles. The average molecular weight is 298 g/mol. The van der Waals surface area contributed by atoms with E-state index in [1.807, 2.05) is 24.3 Å². The molecule has 2 aromatic rings. The van der Waals surface area contributed by atoms with Crippen molar-refractivity contribution in [3.8, 4) is 11.3 Å². The van der Waals surface area contributed by atoms with Gasteiger partial charge in [0.05, 0.1) is 6.20 Å². The van der Waals surface area contributed by atoms with Gasteiger partial charge in [-0.15, -0.1) is 0 Å². The van der Waals surface area contributed by atoms with E-state index in [0.717, 1.165) is 24.2 Å². The first-order valence-electron chi connectivity index (χ1n) is 8.02. The van der Waals surface area contributed by atoms with Gasteiger partial charge in [-0.25, -0.2) is 4.98 Å². The Balaban J connectivity index is 1.53. The van der Waals surface area contributed by atoms with Gasteiger partial charge in [0.1, 0.15) is 0 Å². The Kier molecular flexibility index (Phi) is 4.56. The molecule has 4 nitrogen and oxygen atoms in total. The van der Waals surface area contributed by atoms with Crippen LogP contribution in [0.2, 0.25) is 0 Å². The highest BCUT2D eigenvalue weighted by atomic mass is 16.4. The van der Waals surface area contributed by atoms with Gasteiger partial charge in [0.15, 0.2) is 11.7 Å². The molecule has 1 aromatic carbocycles. The van der Waals surface area contributed by atoms with Gasteiger partial charge in [-0.2, -0.15) is 0 Å². The smallest absolute Gasteiger partial charge is 0.220 e. The molecule has 1 amide bonds. The van der Waals surface area contributed by atoms with Crippen molar-refractivity contribution in [2.45, 2.75) is 51.5 Å². The molecule has 0 atom stereocenters. The van der Waals surface area contributed by atoms with Gasteiger partial charge in [0.25, 0.3) is 0 Å². The van der Waals surface area contributed by atoms with E-state index in [9.17, 15) is 4.79 Å². The Morgan fingerprint density at radius 3 is 2.73 bits per heavy atom. The van der Waals surface area contributed by atoms with Crippen LogP contribution in [0.5, 0.6) is 0 Å². The Hall–Kier alpha value is -2.10. The summed E-state index contributed by atoms with van der Waals surface area (Å²) in [7, 11) is 0. The number of aromatic nitrogens is 1. The summed E-state index contributed by atoms with van der Waals surface area (Å²) in [5, 5.41) is 3.09. The number of nitrogens with one attached hydrogen (secondary N) is 1. The van der Waals surface area contributed by atoms with Crippen LogP contribution in [0.15, 0.2) is 34.9 Å². The van der Waals surface area contributed by atoms with Gasteiger partial charge in [-0.3, -0.25) is 4.79 Å². The van der Waals surface area contributed by atoms with Crippen LogP contribution in [0.3, 0.4) is 0 Å². The topological polar surface area (TPSA) is 55.1 Å². The van der Waals surface area contributed by atoms with Gasteiger partial charge in [-0.05, 0) is 19.8 Å². The van der Waals surface area contributed by atoms with E-state index in [0.29, 0.717) is 24.8 Å². The van der Waals surface area contributed by atoms with Crippen LogP contribution in [0.1, 0.15) is 43.6 Å². The van der Waals surface area contributed by atoms with Gasteiger partial charge >= 0.3 is 0 Å². The lowest BCUT2D eigenvalue weighted by molar-refractivity contribution is -0.121. The van der Waals surface area contributed by atoms with Crippen molar-refractivity contribution in [3.63, 3.8) is 0 Å². The fraction of sp³-hybridized carbons (Fsp3) is 0.444. The van der Waals surface area contributed by atoms with Gasteiger partial charge in [0, 0.05) is 24.4 Å². The maximum absolute atomic E-state index is 11.9. The monoisotopic (exact) mass is 298 g/mol. The molecular formula is C18H22N2O2. The number of hydrogen-bond acceptors (Lipinski definition) is 3. The fourth-order valence-corrected chi connectivity index (χ4v) is 2.87. The molecule has 116 valence electrons. The Morgan fingerprint density at radius 2 is 2.00 bits per heavy atom. The van der Waals surface area contributed by atoms with Crippen molar-refractivity contribution < 1.29 is 9.21 Å². The number of carbonyl (C=O) groups is 1. The zero-order valence-electron chi connectivity index (χ0n) is 13.0. The molecule has 1 N–H and O–H groups in total. The third-order valence-corrected chi connectivity index (χ3v) is 4.18. The number of aryl methyl sites for hydroxylation is 2. The molecule has 1 fully saturated rings. The average Bonchev–Trinajstić information content (AvgIpc) is 3.17. The standard InChI is InChI=1S/C18H22N2O2/c1-13-6-8-14(9-7-13)16-12-19-18(22-16)11-10-17(21)20-15-4-2-3-5-15/h6-9,12,15H,2-5,10-11H2,1H3,(H,20,21). The fourth-order valence-electron chi connectivity index (χ4n) is 2.87. The predicted octanol–water partition coefficient (Wildman–Crippen LogP) is 3.64. The van der Waals surface area contributed by atoms with E-state index in [2.05, 4.69) is 17.2 Å². The van der Waals surface area contributed by atoms with Gasteiger partial charge in [0.2, 0.25) is 5.91 Å². The molecular weight excluding hydrogens is 276 g/mol. The zero-order valence-corrected chi connectivity index (χ0v) is 13.0. The molecule has 0 unspecified atom stereocenters. The number of hydrogen-bond donors (Lipinski definition) is 1. The summed E-state index contributed by atoms with van der Waals surface area (Å²) in [5.41, 5.74) is 2.23. The zero-order chi connectivity index (χ0) is 15.4. The van der Waals surface area contributed by atoms with Crippen molar-refractivity contribution >= 4 is 5.91 Å². The lowest BCUT2D eigenvalue weighted by atomic mass is 10.1. The molecule has 0 saturated heterocycles. The summed E-state index contributed by atoms with van der Waals surface area (Å²) in [6.45, 7) is 2.05. The van der Waals surface area contributed by atoms with E-state index in [4.69, 9.17) is 4.42 Å². The first-order chi connectivity index (χ1) is 10.7. The molecule has 0 spiro atoms. The molecule has 1 saturated carbocycles. The minimum Gasteiger partial charge on any atom is -0.441 e. The van der Waals surface area contributed by atoms with E-state index < -0.39 is 0 Å². The lowest BCUT2D eigenvalue weighted by Crippen LogP contribution is -2.32. The van der Waals surface area contributed by atoms with Gasteiger partial charge in [-0.1, -0.05) is 42.7 Å². The van der Waals surface area contributed by atoms with E-state index >= 15 is 0 Å². The molecule has 22 heavy (non-hydrogen) atoms. The summed E-state index contributed by atoms with van der Waals surface area (Å²) < 4.78 is 5.74. The van der Waals surface area contributed by atoms with Crippen molar-refractivity contribution in [3.05, 3.63) is 41.9 Å². The second kappa shape index (κ2) is 6.77. The van der Waals surface area contributed by atoms with Crippen LogP contribution in [0.25, 0.3) is 11.3 Å². The Labute approximate surface area is 130 Å². The minimum absolute atomic E-state index is 0.0991. The second-order valence-electron chi connectivity index (χ2n) is 6.03. The summed E-state index contributed by atoms with van der Waals surface area (Å²) in [6.07, 6.45) is 7.39. The number of amides is 1. The minimum atomic E-state index is 0.0991. The molecule has 0 bridgehead atoms. The number of benzene rings is 1. The highest BCUT2D eigenvalue weighted by Gasteiger charge is 2.17. The Bertz CT molecular complexity index is 625. The van der Waals surface area contributed by atoms with Crippen molar-refractivity contribution in [1.29, 1.82) is 0 Å². The third-order valence-electron chi connectivity index (χ3n) is 4.18. The summed E-state index contributed by atoms with van der Waals surface area (Å²) in [5.74, 6) is 1.48. The molecule has 1 aromatic heterocycles. The molecule has 3 rings (SSSR count). The molecule has 4 heteroatoms. The first kappa shape index (κ1) is 14.8. The second-order valence-corrected chi connectivity index (χ2v) is 6.03. The number of rotatable bonds is 5. The third kappa shape index (κ3) is 3.75. The number of nitrogens with zero attached hydrogens (tertiary/aromatic N) is 1. The molecule has 0 radical (unpaired) electrons. The number of carbonyl (C=O) groups excluding carboxylic acids is 1. The van der Waals surface area contributed by atoms with Crippen LogP contribution in [-0.2, 0) is 11.2 Å². The summed E-state index contributed by atoms with van der Waals surface area (Å²) in [4.78, 5) is 16.2. The van der Waals surface area contributed by atoms with Crippen LogP contribution >= 0.6 is 0 Å². The summed E-state index contributed by atoms with van der Waals surface area (Å²) >= 11 is 0. The highest BCUT2D eigenvalue weighted by molar-refractivity contribution is 5.76. The largest absolute Gasteiger partial charge is 0.441 e. The normalized spacial score (nSPS) is 15.1.